The number of aryl methyl sites for hydroxylation is 1. The Morgan fingerprint density at radius 2 is 1.43 bits per heavy atom. The summed E-state index contributed by atoms with van der Waals surface area (Å²) in [5.74, 6) is 1.33. The van der Waals surface area contributed by atoms with Gasteiger partial charge in [-0.3, -0.25) is 4.79 Å². The van der Waals surface area contributed by atoms with Gasteiger partial charge in [0.15, 0.2) is 11.9 Å². The maximum atomic E-state index is 12.2. The van der Waals surface area contributed by atoms with Crippen molar-refractivity contribution in [1.29, 1.82) is 0 Å². The van der Waals surface area contributed by atoms with Crippen LogP contribution < -0.4 is 9.88 Å². The standard InChI is InChI=1S/C35H60N2O4S/c1-3-4-5-6-7-8-9-10-11-12-13-14-15-16-17-21-26-36-35(39)41-29-33-31(30-42-33)32-24-20-23-28-37(32)27-22-18-19-25-34(38)40-2/h20,23-24,28,31,33H,3-19,21-22,25-27,29-30H2,1-2H3/p+1. The SMILES string of the molecule is CCCCCCCCCCCCCCCCCCNC(=O)OCC1SCC1c1cccc[n+]1CCCCCC(=O)OC. The van der Waals surface area contributed by atoms with Gasteiger partial charge in [-0.05, 0) is 19.3 Å². The highest BCUT2D eigenvalue weighted by atomic mass is 32.2. The van der Waals surface area contributed by atoms with E-state index in [1.54, 1.807) is 0 Å². The van der Waals surface area contributed by atoms with Gasteiger partial charge >= 0.3 is 12.1 Å². The first kappa shape index (κ1) is 36.4. The molecule has 2 unspecified atom stereocenters. The number of carbonyl (C=O) groups is 2. The highest BCUT2D eigenvalue weighted by Gasteiger charge is 2.39. The van der Waals surface area contributed by atoms with E-state index in [4.69, 9.17) is 9.47 Å². The molecular formula is C35H61N2O4S+. The lowest BCUT2D eigenvalue weighted by molar-refractivity contribution is -0.705. The van der Waals surface area contributed by atoms with Gasteiger partial charge in [0.2, 0.25) is 0 Å². The Balaban J connectivity index is 1.44. The van der Waals surface area contributed by atoms with E-state index in [9.17, 15) is 9.59 Å². The molecule has 0 radical (unpaired) electrons. The van der Waals surface area contributed by atoms with Crippen molar-refractivity contribution in [3.8, 4) is 0 Å². The number of aromatic nitrogens is 1. The molecule has 7 heteroatoms. The van der Waals surface area contributed by atoms with Crippen LogP contribution in [0.25, 0.3) is 0 Å². The fourth-order valence-electron chi connectivity index (χ4n) is 5.70. The number of hydrogen-bond donors (Lipinski definition) is 1. The van der Waals surface area contributed by atoms with E-state index >= 15 is 0 Å². The minimum atomic E-state index is -0.284. The van der Waals surface area contributed by atoms with Crippen LogP contribution in [0.4, 0.5) is 4.79 Å². The summed E-state index contributed by atoms with van der Waals surface area (Å²) in [6.45, 7) is 4.37. The number of thioether (sulfide) groups is 1. The van der Waals surface area contributed by atoms with Crippen molar-refractivity contribution in [2.75, 3.05) is 26.0 Å². The first-order chi connectivity index (χ1) is 20.7. The van der Waals surface area contributed by atoms with Crippen LogP contribution >= 0.6 is 11.8 Å². The number of esters is 1. The summed E-state index contributed by atoms with van der Waals surface area (Å²) in [7, 11) is 1.44. The fourth-order valence-corrected chi connectivity index (χ4v) is 6.83. The van der Waals surface area contributed by atoms with Crippen molar-refractivity contribution in [3.05, 3.63) is 30.1 Å². The molecule has 1 aromatic rings. The molecule has 1 aliphatic rings. The van der Waals surface area contributed by atoms with Gasteiger partial charge in [0.05, 0.1) is 18.3 Å². The second-order valence-electron chi connectivity index (χ2n) is 12.0. The van der Waals surface area contributed by atoms with Gasteiger partial charge in [0.25, 0.3) is 0 Å². The molecule has 6 nitrogen and oxygen atoms in total. The minimum Gasteiger partial charge on any atom is -0.469 e. The van der Waals surface area contributed by atoms with Crippen LogP contribution in [0.2, 0.25) is 0 Å². The number of nitrogens with zero attached hydrogens (tertiary/aromatic N) is 1. The molecule has 0 aliphatic carbocycles. The van der Waals surface area contributed by atoms with E-state index in [0.717, 1.165) is 38.0 Å². The van der Waals surface area contributed by atoms with Gasteiger partial charge in [-0.15, -0.1) is 0 Å². The average Bonchev–Trinajstić information content (AvgIpc) is 2.98. The van der Waals surface area contributed by atoms with E-state index in [1.807, 2.05) is 11.8 Å². The lowest BCUT2D eigenvalue weighted by Gasteiger charge is -2.33. The lowest BCUT2D eigenvalue weighted by atomic mass is 10.0. The average molecular weight is 606 g/mol. The molecular weight excluding hydrogens is 544 g/mol. The van der Waals surface area contributed by atoms with Gasteiger partial charge in [0, 0.05) is 37.3 Å². The third-order valence-corrected chi connectivity index (χ3v) is 9.92. The van der Waals surface area contributed by atoms with Gasteiger partial charge in [0.1, 0.15) is 13.2 Å². The van der Waals surface area contributed by atoms with Gasteiger partial charge in [-0.25, -0.2) is 9.36 Å². The first-order valence-electron chi connectivity index (χ1n) is 17.2. The van der Waals surface area contributed by atoms with Crippen LogP contribution in [0.1, 0.15) is 147 Å². The number of pyridine rings is 1. The van der Waals surface area contributed by atoms with E-state index < -0.39 is 0 Å². The van der Waals surface area contributed by atoms with Crippen molar-refractivity contribution >= 4 is 23.8 Å². The number of ether oxygens (including phenoxy) is 2. The highest BCUT2D eigenvalue weighted by Crippen LogP contribution is 2.41. The third kappa shape index (κ3) is 16.8. The van der Waals surface area contributed by atoms with Gasteiger partial charge in [-0.1, -0.05) is 109 Å². The van der Waals surface area contributed by atoms with Crippen LogP contribution in [0.15, 0.2) is 24.4 Å². The fraction of sp³-hybridized carbons (Fsp3) is 0.800. The molecule has 240 valence electrons. The minimum absolute atomic E-state index is 0.133. The zero-order valence-electron chi connectivity index (χ0n) is 26.9. The van der Waals surface area contributed by atoms with Gasteiger partial charge < -0.3 is 14.8 Å². The van der Waals surface area contributed by atoms with E-state index in [1.165, 1.54) is 109 Å². The molecule has 1 aromatic heterocycles. The predicted molar refractivity (Wildman–Crippen MR) is 175 cm³/mol. The molecule has 2 atom stereocenters. The molecule has 1 aliphatic heterocycles. The molecule has 0 aromatic carbocycles. The molecule has 42 heavy (non-hydrogen) atoms. The summed E-state index contributed by atoms with van der Waals surface area (Å²) >= 11 is 1.88. The van der Waals surface area contributed by atoms with Crippen LogP contribution in [0, 0.1) is 0 Å². The molecule has 2 heterocycles. The number of methoxy groups -OCH3 is 1. The smallest absolute Gasteiger partial charge is 0.407 e. The van der Waals surface area contributed by atoms with Crippen molar-refractivity contribution in [1.82, 2.24) is 5.32 Å². The molecule has 1 N–H and O–H groups in total. The summed E-state index contributed by atoms with van der Waals surface area (Å²) in [5, 5.41) is 3.25. The number of unbranched alkanes of at least 4 members (excludes halogenated alkanes) is 17. The summed E-state index contributed by atoms with van der Waals surface area (Å²) in [5.41, 5.74) is 1.31. The topological polar surface area (TPSA) is 68.5 Å². The Bertz CT molecular complexity index is 837. The van der Waals surface area contributed by atoms with E-state index in [0.29, 0.717) is 30.7 Å². The summed E-state index contributed by atoms with van der Waals surface area (Å²) in [6.07, 6.45) is 26.9. The molecule has 0 bridgehead atoms. The Labute approximate surface area is 261 Å². The summed E-state index contributed by atoms with van der Waals surface area (Å²) < 4.78 is 12.6. The number of carbonyl (C=O) groups excluding carboxylic acids is 2. The highest BCUT2D eigenvalue weighted by molar-refractivity contribution is 8.01. The molecule has 1 saturated heterocycles. The second-order valence-corrected chi connectivity index (χ2v) is 13.3. The zero-order valence-corrected chi connectivity index (χ0v) is 27.7. The Morgan fingerprint density at radius 1 is 0.833 bits per heavy atom. The van der Waals surface area contributed by atoms with E-state index in [2.05, 4.69) is 41.2 Å². The third-order valence-electron chi connectivity index (χ3n) is 8.48. The Morgan fingerprint density at radius 3 is 2.00 bits per heavy atom. The summed E-state index contributed by atoms with van der Waals surface area (Å²) in [6, 6.07) is 6.36. The molecule has 0 spiro atoms. The van der Waals surface area contributed by atoms with E-state index in [-0.39, 0.29) is 12.1 Å². The Hall–Kier alpha value is -1.76. The summed E-state index contributed by atoms with van der Waals surface area (Å²) in [4.78, 5) is 23.6. The van der Waals surface area contributed by atoms with Crippen molar-refractivity contribution in [3.63, 3.8) is 0 Å². The van der Waals surface area contributed by atoms with Crippen molar-refractivity contribution in [2.24, 2.45) is 0 Å². The number of hydrogen-bond acceptors (Lipinski definition) is 5. The largest absolute Gasteiger partial charge is 0.469 e. The molecule has 1 amide bonds. The molecule has 2 rings (SSSR count). The second kappa shape index (κ2) is 24.7. The Kier molecular flexibility index (Phi) is 21.4. The zero-order chi connectivity index (χ0) is 30.1. The number of amides is 1. The van der Waals surface area contributed by atoms with Crippen molar-refractivity contribution < 1.29 is 23.6 Å². The lowest BCUT2D eigenvalue weighted by Crippen LogP contribution is -2.46. The van der Waals surface area contributed by atoms with Gasteiger partial charge in [-0.2, -0.15) is 11.8 Å². The van der Waals surface area contributed by atoms with Crippen LogP contribution in [0.3, 0.4) is 0 Å². The quantitative estimate of drug-likeness (QED) is 0.0649. The first-order valence-corrected chi connectivity index (χ1v) is 18.3. The van der Waals surface area contributed by atoms with Crippen molar-refractivity contribution in [2.45, 2.75) is 153 Å². The maximum absolute atomic E-state index is 12.2. The number of rotatable bonds is 26. The number of alkyl carbamates (subject to hydrolysis) is 1. The normalized spacial score (nSPS) is 16.1. The number of nitrogens with one attached hydrogen (secondary N) is 1. The predicted octanol–water partition coefficient (Wildman–Crippen LogP) is 8.89. The van der Waals surface area contributed by atoms with Crippen LogP contribution in [-0.2, 0) is 20.8 Å². The maximum Gasteiger partial charge on any atom is 0.407 e. The molecule has 0 saturated carbocycles. The van der Waals surface area contributed by atoms with Crippen LogP contribution in [-0.4, -0.2) is 43.3 Å². The monoisotopic (exact) mass is 605 g/mol. The molecule has 1 fully saturated rings. The van der Waals surface area contributed by atoms with Crippen LogP contribution in [0.5, 0.6) is 0 Å².